The van der Waals surface area contributed by atoms with Crippen molar-refractivity contribution in [2.45, 2.75) is 12.6 Å². The summed E-state index contributed by atoms with van der Waals surface area (Å²) in [6, 6.07) is 15.5. The van der Waals surface area contributed by atoms with Crippen LogP contribution in [0.5, 0.6) is 0 Å². The van der Waals surface area contributed by atoms with Gasteiger partial charge in [0.1, 0.15) is 0 Å². The van der Waals surface area contributed by atoms with Gasteiger partial charge in [0.05, 0.1) is 5.56 Å². The van der Waals surface area contributed by atoms with Gasteiger partial charge in [-0.05, 0) is 52.6 Å². The minimum atomic E-state index is -4.39. The van der Waals surface area contributed by atoms with Crippen LogP contribution in [0.3, 0.4) is 0 Å². The van der Waals surface area contributed by atoms with E-state index in [1.807, 2.05) is 12.1 Å². The second-order valence-electron chi connectivity index (χ2n) is 7.06. The highest BCUT2D eigenvalue weighted by atomic mass is 32.2. The standard InChI is InChI=1S/C23H20F3NO3S/c1-31(29,30)14-3-2-13-27-22(28)18-9-12-21-17(15-18)5-4-6-20(21)16-7-10-19(11-8-16)23(24,25)26/h3-12,14-15H,2,13H2,1H3,(H,27,28)/b14-3+. The van der Waals surface area contributed by atoms with Crippen molar-refractivity contribution < 1.29 is 26.4 Å². The highest BCUT2D eigenvalue weighted by Gasteiger charge is 2.30. The molecule has 0 saturated heterocycles. The lowest BCUT2D eigenvalue weighted by molar-refractivity contribution is -0.137. The molecule has 0 fully saturated rings. The first kappa shape index (κ1) is 22.6. The van der Waals surface area contributed by atoms with Crippen LogP contribution in [-0.2, 0) is 16.0 Å². The average Bonchev–Trinajstić information content (AvgIpc) is 2.71. The molecule has 3 aromatic rings. The first-order valence-corrected chi connectivity index (χ1v) is 11.4. The number of carbonyl (C=O) groups is 1. The van der Waals surface area contributed by atoms with Crippen LogP contribution in [0, 0.1) is 0 Å². The SMILES string of the molecule is CS(=O)(=O)/C=C/CCNC(=O)c1ccc2c(-c3ccc(C(F)(F)F)cc3)cccc2c1. The van der Waals surface area contributed by atoms with Gasteiger partial charge in [-0.15, -0.1) is 0 Å². The molecule has 0 spiro atoms. The summed E-state index contributed by atoms with van der Waals surface area (Å²) in [6.45, 7) is 0.286. The third-order valence-electron chi connectivity index (χ3n) is 4.61. The number of halogens is 3. The molecule has 8 heteroatoms. The molecule has 0 aliphatic rings. The van der Waals surface area contributed by atoms with Crippen molar-refractivity contribution in [3.63, 3.8) is 0 Å². The van der Waals surface area contributed by atoms with E-state index in [4.69, 9.17) is 0 Å². The van der Waals surface area contributed by atoms with Crippen LogP contribution in [0.1, 0.15) is 22.3 Å². The lowest BCUT2D eigenvalue weighted by Gasteiger charge is -2.11. The average molecular weight is 447 g/mol. The predicted molar refractivity (Wildman–Crippen MR) is 115 cm³/mol. The normalized spacial score (nSPS) is 12.4. The van der Waals surface area contributed by atoms with Gasteiger partial charge in [0.15, 0.2) is 9.84 Å². The molecule has 0 heterocycles. The number of hydrogen-bond acceptors (Lipinski definition) is 3. The molecular weight excluding hydrogens is 427 g/mol. The predicted octanol–water partition coefficient (Wildman–Crippen LogP) is 5.20. The monoisotopic (exact) mass is 447 g/mol. The fourth-order valence-electron chi connectivity index (χ4n) is 3.13. The number of benzene rings is 3. The van der Waals surface area contributed by atoms with Gasteiger partial charge in [0.2, 0.25) is 0 Å². The second kappa shape index (κ2) is 8.93. The maximum atomic E-state index is 12.8. The minimum absolute atomic E-state index is 0.286. The first-order chi connectivity index (χ1) is 14.5. The van der Waals surface area contributed by atoms with E-state index >= 15 is 0 Å². The third-order valence-corrected chi connectivity index (χ3v) is 5.29. The van der Waals surface area contributed by atoms with Crippen molar-refractivity contribution in [3.8, 4) is 11.1 Å². The fourth-order valence-corrected chi connectivity index (χ4v) is 3.62. The highest BCUT2D eigenvalue weighted by molar-refractivity contribution is 7.93. The van der Waals surface area contributed by atoms with Gasteiger partial charge >= 0.3 is 6.18 Å². The molecular formula is C23H20F3NO3S. The Bertz CT molecular complexity index is 1230. The fraction of sp³-hybridized carbons (Fsp3) is 0.174. The van der Waals surface area contributed by atoms with Crippen molar-refractivity contribution in [1.82, 2.24) is 5.32 Å². The maximum Gasteiger partial charge on any atom is 0.416 e. The minimum Gasteiger partial charge on any atom is -0.352 e. The first-order valence-electron chi connectivity index (χ1n) is 9.40. The van der Waals surface area contributed by atoms with E-state index in [1.165, 1.54) is 18.2 Å². The molecule has 1 amide bonds. The molecule has 162 valence electrons. The number of fused-ring (bicyclic) bond motifs is 1. The van der Waals surface area contributed by atoms with Gasteiger partial charge < -0.3 is 5.32 Å². The molecule has 0 unspecified atom stereocenters. The van der Waals surface area contributed by atoms with Crippen LogP contribution >= 0.6 is 0 Å². The van der Waals surface area contributed by atoms with E-state index in [9.17, 15) is 26.4 Å². The van der Waals surface area contributed by atoms with Gasteiger partial charge in [0.25, 0.3) is 5.91 Å². The number of sulfone groups is 1. The number of rotatable bonds is 6. The maximum absolute atomic E-state index is 12.8. The van der Waals surface area contributed by atoms with E-state index in [0.717, 1.165) is 40.1 Å². The van der Waals surface area contributed by atoms with Crippen molar-refractivity contribution in [2.24, 2.45) is 0 Å². The Balaban J connectivity index is 1.78. The zero-order chi connectivity index (χ0) is 22.6. The molecule has 1 N–H and O–H groups in total. The molecule has 3 rings (SSSR count). The zero-order valence-corrected chi connectivity index (χ0v) is 17.4. The number of carbonyl (C=O) groups excluding carboxylic acids is 1. The van der Waals surface area contributed by atoms with Gasteiger partial charge in [-0.1, -0.05) is 42.5 Å². The molecule has 0 bridgehead atoms. The largest absolute Gasteiger partial charge is 0.416 e. The van der Waals surface area contributed by atoms with Gasteiger partial charge in [-0.25, -0.2) is 8.42 Å². The Morgan fingerprint density at radius 3 is 2.39 bits per heavy atom. The van der Waals surface area contributed by atoms with Crippen LogP contribution in [-0.4, -0.2) is 27.1 Å². The molecule has 31 heavy (non-hydrogen) atoms. The smallest absolute Gasteiger partial charge is 0.352 e. The van der Waals surface area contributed by atoms with Crippen molar-refractivity contribution in [3.05, 3.63) is 83.3 Å². The Labute approximate surface area is 178 Å². The Morgan fingerprint density at radius 1 is 1.03 bits per heavy atom. The van der Waals surface area contributed by atoms with Crippen LogP contribution in [0.15, 0.2) is 72.1 Å². The van der Waals surface area contributed by atoms with Crippen LogP contribution < -0.4 is 5.32 Å². The molecule has 0 aliphatic heterocycles. The Hall–Kier alpha value is -3.13. The van der Waals surface area contributed by atoms with E-state index in [2.05, 4.69) is 5.32 Å². The van der Waals surface area contributed by atoms with Crippen molar-refractivity contribution >= 4 is 26.5 Å². The van der Waals surface area contributed by atoms with Gasteiger partial charge in [-0.2, -0.15) is 13.2 Å². The van der Waals surface area contributed by atoms with Crippen molar-refractivity contribution in [2.75, 3.05) is 12.8 Å². The summed E-state index contributed by atoms with van der Waals surface area (Å²) >= 11 is 0. The molecule has 3 aromatic carbocycles. The lowest BCUT2D eigenvalue weighted by Crippen LogP contribution is -2.24. The summed E-state index contributed by atoms with van der Waals surface area (Å²) in [7, 11) is -3.19. The summed E-state index contributed by atoms with van der Waals surface area (Å²) < 4.78 is 60.5. The number of nitrogens with one attached hydrogen (secondary N) is 1. The molecule has 0 aliphatic carbocycles. The topological polar surface area (TPSA) is 63.2 Å². The highest BCUT2D eigenvalue weighted by Crippen LogP contribution is 2.33. The second-order valence-corrected chi connectivity index (χ2v) is 8.99. The third kappa shape index (κ3) is 5.95. The van der Waals surface area contributed by atoms with Crippen molar-refractivity contribution in [1.29, 1.82) is 0 Å². The van der Waals surface area contributed by atoms with Gasteiger partial charge in [0, 0.05) is 23.8 Å². The molecule has 0 aromatic heterocycles. The molecule has 4 nitrogen and oxygen atoms in total. The Morgan fingerprint density at radius 2 is 1.74 bits per heavy atom. The summed E-state index contributed by atoms with van der Waals surface area (Å²) in [6.07, 6.45) is -1.44. The lowest BCUT2D eigenvalue weighted by atomic mass is 9.96. The summed E-state index contributed by atoms with van der Waals surface area (Å²) in [5.41, 5.74) is 1.14. The van der Waals surface area contributed by atoms with Crippen LogP contribution in [0.25, 0.3) is 21.9 Å². The summed E-state index contributed by atoms with van der Waals surface area (Å²) in [4.78, 5) is 12.4. The van der Waals surface area contributed by atoms with E-state index < -0.39 is 21.6 Å². The van der Waals surface area contributed by atoms with E-state index in [0.29, 0.717) is 17.5 Å². The Kier molecular flexibility index (Phi) is 6.50. The van der Waals surface area contributed by atoms with Crippen LogP contribution in [0.4, 0.5) is 13.2 Å². The molecule has 0 atom stereocenters. The van der Waals surface area contributed by atoms with E-state index in [1.54, 1.807) is 24.3 Å². The quantitative estimate of drug-likeness (QED) is 0.528. The summed E-state index contributed by atoms with van der Waals surface area (Å²) in [5.74, 6) is -0.297. The summed E-state index contributed by atoms with van der Waals surface area (Å²) in [5, 5.41) is 5.41. The number of amides is 1. The van der Waals surface area contributed by atoms with Crippen LogP contribution in [0.2, 0.25) is 0 Å². The van der Waals surface area contributed by atoms with E-state index in [-0.39, 0.29) is 12.5 Å². The zero-order valence-electron chi connectivity index (χ0n) is 16.6. The molecule has 0 saturated carbocycles. The number of hydrogen-bond donors (Lipinski definition) is 1. The van der Waals surface area contributed by atoms with Gasteiger partial charge in [-0.3, -0.25) is 4.79 Å². The molecule has 0 radical (unpaired) electrons. The number of alkyl halides is 3.